The van der Waals surface area contributed by atoms with Gasteiger partial charge in [-0.3, -0.25) is 4.79 Å². The average Bonchev–Trinajstić information content (AvgIpc) is 2.19. The van der Waals surface area contributed by atoms with Gasteiger partial charge in [-0.25, -0.2) is 52.6 Å². The number of carboxylic acid groups (broad SMARTS) is 1. The third kappa shape index (κ3) is 20.9. The number of nitrogens with two attached hydrogens (primary N) is 1. The number of ether oxygens (including phenoxy) is 4. The summed E-state index contributed by atoms with van der Waals surface area (Å²) in [7, 11) is -8.09. The van der Waals surface area contributed by atoms with Crippen LogP contribution < -0.4 is 20.5 Å². The van der Waals surface area contributed by atoms with Gasteiger partial charge in [-0.15, -0.1) is 0 Å². The number of carbonyl (C=O) groups is 4. The second-order valence-corrected chi connectivity index (χ2v) is 28.6. The minimum atomic E-state index is -4.28. The number of sulfonamides is 2. The van der Waals surface area contributed by atoms with E-state index in [0.29, 0.717) is 85.8 Å². The minimum Gasteiger partial charge on any atom is -0.492 e. The highest BCUT2D eigenvalue weighted by molar-refractivity contribution is 7.90. The SMILES string of the molecule is CC(C)(C)OC(=O)N1C[C@@H](CCCNc2cccc(S(=O)(=O)NC(=O)c3ccc(C4=CCCCO4)nc3Cl)n2)CC1(C)C.CC(C)(C)OC(=O)N1C[C@@H](CCCNc2cccc(S(N)(=O)=O)n2)CC1(C)C.O=C(O)c1ccc(C2=CCCCO2)nc1Cl. The van der Waals surface area contributed by atoms with Crippen molar-refractivity contribution in [2.45, 2.75) is 166 Å². The van der Waals surface area contributed by atoms with Crippen LogP contribution in [0.4, 0.5) is 21.2 Å². The number of amides is 3. The Morgan fingerprint density at radius 2 is 1.08 bits per heavy atom. The molecule has 4 aliphatic heterocycles. The van der Waals surface area contributed by atoms with Gasteiger partial charge < -0.3 is 44.5 Å². The number of carboxylic acids is 1. The maximum Gasteiger partial charge on any atom is 0.410 e. The number of halogens is 2. The molecule has 4 aromatic rings. The van der Waals surface area contributed by atoms with Gasteiger partial charge in [-0.2, -0.15) is 8.42 Å². The molecule has 2 atom stereocenters. The van der Waals surface area contributed by atoms with Gasteiger partial charge in [-0.1, -0.05) is 35.3 Å². The average molecular weight is 1290 g/mol. The van der Waals surface area contributed by atoms with Gasteiger partial charge in [0.05, 0.1) is 24.3 Å². The summed E-state index contributed by atoms with van der Waals surface area (Å²) in [4.78, 5) is 68.8. The summed E-state index contributed by atoms with van der Waals surface area (Å²) in [5, 5.41) is 19.6. The van der Waals surface area contributed by atoms with Crippen molar-refractivity contribution in [3.8, 4) is 0 Å². The summed E-state index contributed by atoms with van der Waals surface area (Å²) >= 11 is 12.0. The van der Waals surface area contributed by atoms with Crippen LogP contribution in [0.25, 0.3) is 11.5 Å². The fourth-order valence-electron chi connectivity index (χ4n) is 10.2. The number of carbonyl (C=O) groups excluding carboxylic acids is 3. The first-order chi connectivity index (χ1) is 40.6. The second kappa shape index (κ2) is 29.5. The van der Waals surface area contributed by atoms with Crippen molar-refractivity contribution in [1.82, 2.24) is 34.5 Å². The molecule has 8 heterocycles. The first-order valence-electron chi connectivity index (χ1n) is 28.9. The molecule has 0 bridgehead atoms. The number of rotatable bonds is 17. The van der Waals surface area contributed by atoms with Crippen LogP contribution in [-0.2, 0) is 39.0 Å². The van der Waals surface area contributed by atoms with Crippen molar-refractivity contribution >= 4 is 90.5 Å². The molecule has 0 aliphatic carbocycles. The van der Waals surface area contributed by atoms with Gasteiger partial charge in [0.2, 0.25) is 0 Å². The smallest absolute Gasteiger partial charge is 0.410 e. The Bertz CT molecular complexity index is 3410. The van der Waals surface area contributed by atoms with Gasteiger partial charge in [0, 0.05) is 37.3 Å². The third-order valence-electron chi connectivity index (χ3n) is 14.1. The number of anilines is 2. The van der Waals surface area contributed by atoms with Crippen LogP contribution in [0.2, 0.25) is 10.3 Å². The van der Waals surface area contributed by atoms with Gasteiger partial charge in [0.15, 0.2) is 10.1 Å². The molecule has 0 radical (unpaired) electrons. The Balaban J connectivity index is 0.000000233. The van der Waals surface area contributed by atoms with Crippen molar-refractivity contribution in [3.63, 3.8) is 0 Å². The molecular formula is C60H82Cl2N10O13S2. The molecule has 4 aromatic heterocycles. The number of hydrogen-bond acceptors (Lipinski definition) is 18. The van der Waals surface area contributed by atoms with E-state index < -0.39 is 43.1 Å². The van der Waals surface area contributed by atoms with Gasteiger partial charge in [0.25, 0.3) is 26.0 Å². The molecular weight excluding hydrogens is 1200 g/mol. The molecule has 23 nitrogen and oxygen atoms in total. The molecule has 87 heavy (non-hydrogen) atoms. The van der Waals surface area contributed by atoms with E-state index >= 15 is 0 Å². The molecule has 0 unspecified atom stereocenters. The number of aromatic carboxylic acids is 1. The lowest BCUT2D eigenvalue weighted by Gasteiger charge is -2.33. The number of nitrogens with zero attached hydrogens (tertiary/aromatic N) is 6. The largest absolute Gasteiger partial charge is 0.492 e. The van der Waals surface area contributed by atoms with E-state index in [1.54, 1.807) is 41.3 Å². The predicted molar refractivity (Wildman–Crippen MR) is 332 cm³/mol. The van der Waals surface area contributed by atoms with Crippen molar-refractivity contribution in [1.29, 1.82) is 0 Å². The Hall–Kier alpha value is -6.80. The quantitative estimate of drug-likeness (QED) is 0.0484. The van der Waals surface area contributed by atoms with Gasteiger partial charge in [-0.05, 0) is 206 Å². The molecule has 0 spiro atoms. The van der Waals surface area contributed by atoms with Crippen LogP contribution in [0.5, 0.6) is 0 Å². The number of pyridine rings is 4. The summed E-state index contributed by atoms with van der Waals surface area (Å²) in [6.45, 7) is 23.2. The second-order valence-electron chi connectivity index (χ2n) is 24.8. The standard InChI is InChI=1S/C30H40ClN5O6S.C19H32N4O4S.C11H10ClNO3/c1-29(2,3)42-28(38)36-19-20(18-30(36,4)5)10-9-16-32-24-12-8-13-25(34-24)43(39,40)35-27(37)21-14-15-22(33-26(21)31)23-11-6-7-17-41-23;1-18(2,3)27-17(24)23-13-14(12-19(23,4)5)8-7-11-21-15-9-6-10-16(22-15)28(20,25)26;12-10-7(11(14)15)4-5-8(13-10)9-3-1-2-6-16-9/h8,11-15,20H,6-7,9-10,16-19H2,1-5H3,(H,32,34)(H,35,37);6,9-10,14H,7-8,11-13H2,1-5H3,(H,21,22)(H2,20,25,26);3-5H,1-2,6H2,(H,14,15)/t20-;14-;/m00./s1. The first kappa shape index (κ1) is 69.3. The van der Waals surface area contributed by atoms with Crippen LogP contribution >= 0.6 is 23.2 Å². The lowest BCUT2D eigenvalue weighted by atomic mass is 9.93. The zero-order valence-electron chi connectivity index (χ0n) is 51.1. The molecule has 8 rings (SSSR count). The van der Waals surface area contributed by atoms with E-state index in [-0.39, 0.29) is 54.7 Å². The molecule has 0 saturated carbocycles. The highest BCUT2D eigenvalue weighted by Crippen LogP contribution is 2.38. The van der Waals surface area contributed by atoms with Crippen LogP contribution in [0.3, 0.4) is 0 Å². The molecule has 6 N–H and O–H groups in total. The summed E-state index contributed by atoms with van der Waals surface area (Å²) in [5.74, 6) is 0.817. The van der Waals surface area contributed by atoms with Crippen molar-refractivity contribution < 1.29 is 60.1 Å². The van der Waals surface area contributed by atoms with Crippen LogP contribution in [0, 0.1) is 11.8 Å². The molecule has 27 heteroatoms. The van der Waals surface area contributed by atoms with E-state index in [2.05, 4.69) is 44.4 Å². The summed E-state index contributed by atoms with van der Waals surface area (Å²) in [6.07, 6.45) is 12.3. The highest BCUT2D eigenvalue weighted by Gasteiger charge is 2.44. The maximum atomic E-state index is 13.0. The monoisotopic (exact) mass is 1280 g/mol. The maximum absolute atomic E-state index is 13.0. The normalized spacial score (nSPS) is 18.2. The Labute approximate surface area is 520 Å². The van der Waals surface area contributed by atoms with E-state index in [0.717, 1.165) is 64.2 Å². The topological polar surface area (TPSA) is 314 Å². The van der Waals surface area contributed by atoms with Gasteiger partial charge >= 0.3 is 18.2 Å². The zero-order chi connectivity index (χ0) is 64.1. The number of allylic oxidation sites excluding steroid dienone is 2. The summed E-state index contributed by atoms with van der Waals surface area (Å²) in [6, 6.07) is 15.2. The summed E-state index contributed by atoms with van der Waals surface area (Å²) in [5.41, 5.74) is -0.610. The highest BCUT2D eigenvalue weighted by atomic mass is 35.5. The molecule has 4 aliphatic rings. The van der Waals surface area contributed by atoms with Crippen molar-refractivity contribution in [3.05, 3.63) is 106 Å². The molecule has 3 amide bonds. The van der Waals surface area contributed by atoms with E-state index in [1.807, 2.05) is 77.2 Å². The number of aromatic nitrogens is 4. The van der Waals surface area contributed by atoms with Crippen LogP contribution in [-0.4, -0.2) is 137 Å². The number of hydrogen-bond donors (Lipinski definition) is 5. The molecule has 2 saturated heterocycles. The molecule has 0 aromatic carbocycles. The fourth-order valence-corrected chi connectivity index (χ4v) is 12.1. The van der Waals surface area contributed by atoms with E-state index in [9.17, 15) is 36.0 Å². The number of likely N-dealkylation sites (tertiary alicyclic amines) is 2. The van der Waals surface area contributed by atoms with E-state index in [1.165, 1.54) is 24.3 Å². The Morgan fingerprint density at radius 3 is 1.47 bits per heavy atom. The Kier molecular flexibility index (Phi) is 23.5. The lowest BCUT2D eigenvalue weighted by Crippen LogP contribution is -2.45. The van der Waals surface area contributed by atoms with Gasteiger partial charge in [0.1, 0.15) is 56.1 Å². The fraction of sp³-hybridized carbons (Fsp3) is 0.533. The third-order valence-corrected chi connectivity index (χ3v) is 16.7. The lowest BCUT2D eigenvalue weighted by molar-refractivity contribution is 0.0118. The number of nitrogens with one attached hydrogen (secondary N) is 3. The van der Waals surface area contributed by atoms with Crippen LogP contribution in [0.15, 0.2) is 82.9 Å². The summed E-state index contributed by atoms with van der Waals surface area (Å²) < 4.78 is 72.8. The predicted octanol–water partition coefficient (Wildman–Crippen LogP) is 11.2. The Morgan fingerprint density at radius 1 is 0.655 bits per heavy atom. The van der Waals surface area contributed by atoms with Crippen LogP contribution in [0.1, 0.15) is 166 Å². The van der Waals surface area contributed by atoms with Crippen molar-refractivity contribution in [2.75, 3.05) is 50.0 Å². The first-order valence-corrected chi connectivity index (χ1v) is 32.7. The molecule has 2 fully saturated rings. The number of primary sulfonamides is 1. The van der Waals surface area contributed by atoms with Crippen molar-refractivity contribution in [2.24, 2.45) is 17.0 Å². The minimum absolute atomic E-state index is 0.00169. The molecule has 476 valence electrons. The van der Waals surface area contributed by atoms with E-state index in [4.69, 9.17) is 52.4 Å². The zero-order valence-corrected chi connectivity index (χ0v) is 54.2.